The molecular formula is C20H20BrN3O2S. The van der Waals surface area contributed by atoms with Crippen LogP contribution in [0.25, 0.3) is 11.4 Å². The number of hydrogen-bond acceptors (Lipinski definition) is 5. The summed E-state index contributed by atoms with van der Waals surface area (Å²) in [7, 11) is 1.75. The quantitative estimate of drug-likeness (QED) is 0.502. The summed E-state index contributed by atoms with van der Waals surface area (Å²) in [4.78, 5) is 19.7. The zero-order chi connectivity index (χ0) is 19.4. The zero-order valence-corrected chi connectivity index (χ0v) is 17.8. The van der Waals surface area contributed by atoms with Gasteiger partial charge in [-0.3, -0.25) is 4.79 Å². The summed E-state index contributed by atoms with van der Waals surface area (Å²) in [6.45, 7) is 4.23. The van der Waals surface area contributed by atoms with Gasteiger partial charge in [0.1, 0.15) is 0 Å². The van der Waals surface area contributed by atoms with Gasteiger partial charge < -0.3 is 9.42 Å². The number of rotatable bonds is 6. The van der Waals surface area contributed by atoms with Crippen LogP contribution in [0.5, 0.6) is 0 Å². The van der Waals surface area contributed by atoms with Gasteiger partial charge in [0.05, 0.1) is 11.8 Å². The molecule has 0 spiro atoms. The highest BCUT2D eigenvalue weighted by Crippen LogP contribution is 2.25. The SMILES string of the molecule is Cc1ccc(S[C@@H](C)C(=O)N(C)Cc2nc(-c3cccc(Br)c3)no2)cc1. The molecule has 1 amide bonds. The van der Waals surface area contributed by atoms with E-state index in [-0.39, 0.29) is 17.7 Å². The summed E-state index contributed by atoms with van der Waals surface area (Å²) in [5.41, 5.74) is 2.06. The molecule has 27 heavy (non-hydrogen) atoms. The van der Waals surface area contributed by atoms with Crippen LogP contribution < -0.4 is 0 Å². The second kappa shape index (κ2) is 8.71. The number of aryl methyl sites for hydroxylation is 1. The van der Waals surface area contributed by atoms with E-state index in [9.17, 15) is 4.79 Å². The Hall–Kier alpha value is -2.12. The van der Waals surface area contributed by atoms with Crippen LogP contribution in [-0.4, -0.2) is 33.2 Å². The Morgan fingerprint density at radius 1 is 1.26 bits per heavy atom. The molecule has 0 aliphatic heterocycles. The van der Waals surface area contributed by atoms with Crippen LogP contribution in [0.3, 0.4) is 0 Å². The molecule has 0 N–H and O–H groups in total. The second-order valence-electron chi connectivity index (χ2n) is 6.29. The predicted molar refractivity (Wildman–Crippen MR) is 110 cm³/mol. The third-order valence-corrected chi connectivity index (χ3v) is 5.57. The molecule has 3 rings (SSSR count). The molecule has 0 radical (unpaired) electrons. The molecule has 0 unspecified atom stereocenters. The largest absolute Gasteiger partial charge is 0.337 e. The average Bonchev–Trinajstić information content (AvgIpc) is 3.11. The fourth-order valence-corrected chi connectivity index (χ4v) is 3.91. The fraction of sp³-hybridized carbons (Fsp3) is 0.250. The van der Waals surface area contributed by atoms with Crippen molar-refractivity contribution in [3.63, 3.8) is 0 Å². The van der Waals surface area contributed by atoms with Crippen LogP contribution in [-0.2, 0) is 11.3 Å². The van der Waals surface area contributed by atoms with Crippen molar-refractivity contribution in [2.45, 2.75) is 30.5 Å². The molecule has 0 fully saturated rings. The van der Waals surface area contributed by atoms with Gasteiger partial charge >= 0.3 is 0 Å². The number of carbonyl (C=O) groups excluding carboxylic acids is 1. The lowest BCUT2D eigenvalue weighted by Crippen LogP contribution is -2.32. The first-order valence-corrected chi connectivity index (χ1v) is 10.2. The number of hydrogen-bond donors (Lipinski definition) is 0. The van der Waals surface area contributed by atoms with Crippen molar-refractivity contribution in [3.05, 3.63) is 64.5 Å². The van der Waals surface area contributed by atoms with Crippen LogP contribution in [0.4, 0.5) is 0 Å². The van der Waals surface area contributed by atoms with Gasteiger partial charge in [0.25, 0.3) is 0 Å². The van der Waals surface area contributed by atoms with Crippen molar-refractivity contribution >= 4 is 33.6 Å². The van der Waals surface area contributed by atoms with Gasteiger partial charge in [0.15, 0.2) is 0 Å². The lowest BCUT2D eigenvalue weighted by molar-refractivity contribution is -0.129. The summed E-state index contributed by atoms with van der Waals surface area (Å²) < 4.78 is 6.26. The lowest BCUT2D eigenvalue weighted by atomic mass is 10.2. The maximum atomic E-state index is 12.6. The van der Waals surface area contributed by atoms with Gasteiger partial charge in [-0.15, -0.1) is 11.8 Å². The van der Waals surface area contributed by atoms with Crippen LogP contribution >= 0.6 is 27.7 Å². The molecule has 3 aromatic rings. The molecule has 5 nitrogen and oxygen atoms in total. The van der Waals surface area contributed by atoms with Gasteiger partial charge in [0.2, 0.25) is 17.6 Å². The van der Waals surface area contributed by atoms with Crippen LogP contribution in [0.15, 0.2) is 62.4 Å². The highest BCUT2D eigenvalue weighted by atomic mass is 79.9. The van der Waals surface area contributed by atoms with Crippen molar-refractivity contribution < 1.29 is 9.32 Å². The molecule has 0 saturated carbocycles. The Labute approximate surface area is 171 Å². The number of amides is 1. The molecular weight excluding hydrogens is 426 g/mol. The first-order valence-electron chi connectivity index (χ1n) is 8.49. The highest BCUT2D eigenvalue weighted by Gasteiger charge is 2.21. The second-order valence-corrected chi connectivity index (χ2v) is 8.62. The minimum absolute atomic E-state index is 0.0165. The van der Waals surface area contributed by atoms with E-state index in [1.807, 2.05) is 62.4 Å². The molecule has 2 aromatic carbocycles. The van der Waals surface area contributed by atoms with E-state index in [4.69, 9.17) is 4.52 Å². The van der Waals surface area contributed by atoms with Gasteiger partial charge in [0, 0.05) is 22.0 Å². The summed E-state index contributed by atoms with van der Waals surface area (Å²) in [5.74, 6) is 0.936. The van der Waals surface area contributed by atoms with Crippen molar-refractivity contribution in [1.82, 2.24) is 15.0 Å². The van der Waals surface area contributed by atoms with Crippen molar-refractivity contribution in [3.8, 4) is 11.4 Å². The number of nitrogens with zero attached hydrogens (tertiary/aromatic N) is 3. The minimum Gasteiger partial charge on any atom is -0.337 e. The lowest BCUT2D eigenvalue weighted by Gasteiger charge is -2.19. The molecule has 0 aliphatic rings. The molecule has 1 heterocycles. The summed E-state index contributed by atoms with van der Waals surface area (Å²) >= 11 is 4.97. The smallest absolute Gasteiger partial charge is 0.246 e. The Kier molecular flexibility index (Phi) is 6.34. The van der Waals surface area contributed by atoms with E-state index < -0.39 is 0 Å². The number of thioether (sulfide) groups is 1. The van der Waals surface area contributed by atoms with Crippen LogP contribution in [0, 0.1) is 6.92 Å². The number of aromatic nitrogens is 2. The van der Waals surface area contributed by atoms with E-state index in [0.717, 1.165) is 14.9 Å². The van der Waals surface area contributed by atoms with E-state index in [0.29, 0.717) is 11.7 Å². The van der Waals surface area contributed by atoms with Crippen LogP contribution in [0.2, 0.25) is 0 Å². The molecule has 1 aromatic heterocycles. The molecule has 1 atom stereocenters. The predicted octanol–water partition coefficient (Wildman–Crippen LogP) is 4.95. The molecule has 7 heteroatoms. The summed E-state index contributed by atoms with van der Waals surface area (Å²) in [5, 5.41) is 3.81. The van der Waals surface area contributed by atoms with Gasteiger partial charge in [-0.25, -0.2) is 0 Å². The maximum Gasteiger partial charge on any atom is 0.246 e. The topological polar surface area (TPSA) is 59.2 Å². The van der Waals surface area contributed by atoms with E-state index in [1.54, 1.807) is 11.9 Å². The van der Waals surface area contributed by atoms with Gasteiger partial charge in [-0.2, -0.15) is 4.98 Å². The fourth-order valence-electron chi connectivity index (χ4n) is 2.53. The Balaban J connectivity index is 1.61. The van der Waals surface area contributed by atoms with E-state index in [2.05, 4.69) is 26.1 Å². The molecule has 0 bridgehead atoms. The van der Waals surface area contributed by atoms with Crippen molar-refractivity contribution in [2.24, 2.45) is 0 Å². The van der Waals surface area contributed by atoms with Crippen molar-refractivity contribution in [1.29, 1.82) is 0 Å². The third kappa shape index (κ3) is 5.20. The number of benzene rings is 2. The number of halogens is 1. The summed E-state index contributed by atoms with van der Waals surface area (Å²) in [6.07, 6.45) is 0. The Morgan fingerprint density at radius 3 is 2.70 bits per heavy atom. The average molecular weight is 446 g/mol. The van der Waals surface area contributed by atoms with Crippen molar-refractivity contribution in [2.75, 3.05) is 7.05 Å². The first kappa shape index (κ1) is 19.6. The molecule has 0 saturated heterocycles. The highest BCUT2D eigenvalue weighted by molar-refractivity contribution is 9.10. The monoisotopic (exact) mass is 445 g/mol. The summed E-state index contributed by atoms with van der Waals surface area (Å²) in [6, 6.07) is 15.8. The molecule has 0 aliphatic carbocycles. The first-order chi connectivity index (χ1) is 12.9. The maximum absolute atomic E-state index is 12.6. The minimum atomic E-state index is -0.204. The van der Waals surface area contributed by atoms with Crippen LogP contribution in [0.1, 0.15) is 18.4 Å². The third-order valence-electron chi connectivity index (χ3n) is 3.98. The van der Waals surface area contributed by atoms with E-state index >= 15 is 0 Å². The Morgan fingerprint density at radius 2 is 2.00 bits per heavy atom. The number of carbonyl (C=O) groups is 1. The van der Waals surface area contributed by atoms with Gasteiger partial charge in [-0.1, -0.05) is 50.9 Å². The standard InChI is InChI=1S/C20H20BrN3O2S/c1-13-7-9-17(10-8-13)27-14(2)20(25)24(3)12-18-22-19(23-26-18)15-5-4-6-16(21)11-15/h4-11,14H,12H2,1-3H3/t14-/m0/s1. The zero-order valence-electron chi connectivity index (χ0n) is 15.3. The molecule has 140 valence electrons. The van der Waals surface area contributed by atoms with E-state index in [1.165, 1.54) is 17.3 Å². The Bertz CT molecular complexity index is 927. The normalized spacial score (nSPS) is 12.0. The van der Waals surface area contributed by atoms with Gasteiger partial charge in [-0.05, 0) is 38.1 Å².